The molecule has 1 amide bonds. The smallest absolute Gasteiger partial charge is 0.416 e. The van der Waals surface area contributed by atoms with Gasteiger partial charge in [-0.15, -0.1) is 0 Å². The van der Waals surface area contributed by atoms with Crippen molar-refractivity contribution in [1.29, 1.82) is 0 Å². The van der Waals surface area contributed by atoms with Crippen molar-refractivity contribution in [2.75, 3.05) is 7.11 Å². The summed E-state index contributed by atoms with van der Waals surface area (Å²) in [5.41, 5.74) is -3.12. The van der Waals surface area contributed by atoms with E-state index in [2.05, 4.69) is 15.3 Å². The van der Waals surface area contributed by atoms with Crippen molar-refractivity contribution >= 4 is 6.09 Å². The van der Waals surface area contributed by atoms with Crippen LogP contribution in [-0.4, -0.2) is 46.2 Å². The van der Waals surface area contributed by atoms with E-state index in [1.54, 1.807) is 12.4 Å². The average molecular weight is 492 g/mol. The molecular formula is C22H26F6N4O2. The predicted molar refractivity (Wildman–Crippen MR) is 111 cm³/mol. The number of halogens is 6. The van der Waals surface area contributed by atoms with Crippen LogP contribution in [0, 0.1) is 0 Å². The van der Waals surface area contributed by atoms with E-state index >= 15 is 0 Å². The SMILES string of the molecule is CCC1CC(N(Cc2cc(C(F)(F)F)cc(C(F)(F)F)c2)C(=O)OC)CC(Cc2ncc[nH]2)N1. The first kappa shape index (κ1) is 25.9. The second-order valence-corrected chi connectivity index (χ2v) is 8.35. The number of alkyl halides is 6. The lowest BCUT2D eigenvalue weighted by Gasteiger charge is -2.41. The third kappa shape index (κ3) is 6.43. The Labute approximate surface area is 192 Å². The topological polar surface area (TPSA) is 70.2 Å². The van der Waals surface area contributed by atoms with Crippen molar-refractivity contribution in [3.63, 3.8) is 0 Å². The van der Waals surface area contributed by atoms with Crippen molar-refractivity contribution in [1.82, 2.24) is 20.2 Å². The normalized spacial score (nSPS) is 21.4. The highest BCUT2D eigenvalue weighted by molar-refractivity contribution is 5.68. The largest absolute Gasteiger partial charge is 0.453 e. The molecule has 2 aromatic rings. The molecule has 1 saturated heterocycles. The van der Waals surface area contributed by atoms with E-state index in [0.29, 0.717) is 31.4 Å². The number of nitrogens with one attached hydrogen (secondary N) is 2. The quantitative estimate of drug-likeness (QED) is 0.547. The third-order valence-corrected chi connectivity index (χ3v) is 5.92. The van der Waals surface area contributed by atoms with Crippen LogP contribution in [0.1, 0.15) is 48.7 Å². The fourth-order valence-electron chi connectivity index (χ4n) is 4.31. The number of H-pyrrole nitrogens is 1. The molecule has 3 atom stereocenters. The number of benzene rings is 1. The number of ether oxygens (including phenoxy) is 1. The van der Waals surface area contributed by atoms with Crippen LogP contribution in [0.25, 0.3) is 0 Å². The van der Waals surface area contributed by atoms with Gasteiger partial charge in [0.15, 0.2) is 0 Å². The summed E-state index contributed by atoms with van der Waals surface area (Å²) in [5.74, 6) is 0.727. The van der Waals surface area contributed by atoms with Gasteiger partial charge in [-0.05, 0) is 43.0 Å². The van der Waals surface area contributed by atoms with Crippen LogP contribution < -0.4 is 5.32 Å². The summed E-state index contributed by atoms with van der Waals surface area (Å²) in [6.07, 6.45) is -5.31. The van der Waals surface area contributed by atoms with Crippen LogP contribution in [0.15, 0.2) is 30.6 Å². The molecular weight excluding hydrogens is 466 g/mol. The maximum Gasteiger partial charge on any atom is 0.416 e. The van der Waals surface area contributed by atoms with Gasteiger partial charge >= 0.3 is 18.4 Å². The molecule has 3 rings (SSSR count). The highest BCUT2D eigenvalue weighted by atomic mass is 19.4. The lowest BCUT2D eigenvalue weighted by Crippen LogP contribution is -2.54. The molecule has 0 radical (unpaired) electrons. The van der Waals surface area contributed by atoms with E-state index in [-0.39, 0.29) is 23.7 Å². The monoisotopic (exact) mass is 492 g/mol. The molecule has 34 heavy (non-hydrogen) atoms. The van der Waals surface area contributed by atoms with Gasteiger partial charge in [-0.25, -0.2) is 9.78 Å². The second-order valence-electron chi connectivity index (χ2n) is 8.35. The zero-order chi connectivity index (χ0) is 25.1. The molecule has 188 valence electrons. The zero-order valence-corrected chi connectivity index (χ0v) is 18.6. The molecule has 2 heterocycles. The number of hydrogen-bond donors (Lipinski definition) is 2. The Morgan fingerprint density at radius 2 is 1.71 bits per heavy atom. The van der Waals surface area contributed by atoms with Crippen molar-refractivity contribution in [2.45, 2.75) is 69.6 Å². The molecule has 12 heteroatoms. The number of imidazole rings is 1. The summed E-state index contributed by atoms with van der Waals surface area (Å²) in [6.45, 7) is 1.50. The highest BCUT2D eigenvalue weighted by Gasteiger charge is 2.38. The van der Waals surface area contributed by atoms with Gasteiger partial charge in [0, 0.05) is 43.5 Å². The van der Waals surface area contributed by atoms with Crippen molar-refractivity contribution < 1.29 is 35.9 Å². The van der Waals surface area contributed by atoms with Gasteiger partial charge in [-0.2, -0.15) is 26.3 Å². The summed E-state index contributed by atoms with van der Waals surface area (Å²) in [7, 11) is 1.13. The number of carbonyl (C=O) groups excluding carboxylic acids is 1. The van der Waals surface area contributed by atoms with E-state index in [4.69, 9.17) is 4.74 Å². The van der Waals surface area contributed by atoms with Gasteiger partial charge in [0.2, 0.25) is 0 Å². The van der Waals surface area contributed by atoms with Crippen molar-refractivity contribution in [3.8, 4) is 0 Å². The minimum absolute atomic E-state index is 0.00175. The van der Waals surface area contributed by atoms with Crippen LogP contribution in [0.4, 0.5) is 31.1 Å². The number of carbonyl (C=O) groups is 1. The predicted octanol–water partition coefficient (Wildman–Crippen LogP) is 5.16. The Hall–Kier alpha value is -2.76. The van der Waals surface area contributed by atoms with Crippen molar-refractivity contribution in [3.05, 3.63) is 53.1 Å². The summed E-state index contributed by atoms with van der Waals surface area (Å²) in [6, 6.07) is 0.798. The molecule has 3 unspecified atom stereocenters. The number of piperidine rings is 1. The molecule has 6 nitrogen and oxygen atoms in total. The summed E-state index contributed by atoms with van der Waals surface area (Å²) in [4.78, 5) is 21.0. The van der Waals surface area contributed by atoms with E-state index in [1.165, 1.54) is 4.90 Å². The van der Waals surface area contributed by atoms with E-state index < -0.39 is 42.2 Å². The van der Waals surface area contributed by atoms with Crippen LogP contribution in [0.3, 0.4) is 0 Å². The Morgan fingerprint density at radius 3 is 2.21 bits per heavy atom. The molecule has 0 spiro atoms. The number of rotatable bonds is 6. The lowest BCUT2D eigenvalue weighted by atomic mass is 9.89. The lowest BCUT2D eigenvalue weighted by molar-refractivity contribution is -0.143. The number of hydrogen-bond acceptors (Lipinski definition) is 4. The standard InChI is InChI=1S/C22H26F6N4O2/c1-3-16-9-18(10-17(31-16)11-19-29-4-5-30-19)32(20(33)34-2)12-13-6-14(21(23,24)25)8-15(7-13)22(26,27)28/h4-8,16-18,31H,3,9-12H2,1-2H3,(H,29,30). The van der Waals surface area contributed by atoms with Gasteiger partial charge in [0.05, 0.1) is 18.2 Å². The molecule has 0 bridgehead atoms. The Balaban J connectivity index is 1.91. The molecule has 1 aliphatic heterocycles. The Kier molecular flexibility index (Phi) is 7.79. The molecule has 2 N–H and O–H groups in total. The van der Waals surface area contributed by atoms with Gasteiger partial charge in [0.25, 0.3) is 0 Å². The minimum Gasteiger partial charge on any atom is -0.453 e. The van der Waals surface area contributed by atoms with Crippen LogP contribution in [-0.2, 0) is 30.1 Å². The maximum atomic E-state index is 13.3. The summed E-state index contributed by atoms with van der Waals surface area (Å²) < 4.78 is 84.6. The third-order valence-electron chi connectivity index (χ3n) is 5.92. The second kappa shape index (κ2) is 10.2. The van der Waals surface area contributed by atoms with E-state index in [1.807, 2.05) is 6.92 Å². The summed E-state index contributed by atoms with van der Waals surface area (Å²) >= 11 is 0. The van der Waals surface area contributed by atoms with Crippen LogP contribution >= 0.6 is 0 Å². The van der Waals surface area contributed by atoms with Gasteiger partial charge in [0.1, 0.15) is 5.82 Å². The first-order chi connectivity index (χ1) is 15.9. The fourth-order valence-corrected chi connectivity index (χ4v) is 4.31. The number of aromatic nitrogens is 2. The first-order valence-electron chi connectivity index (χ1n) is 10.8. The first-order valence-corrected chi connectivity index (χ1v) is 10.8. The Morgan fingerprint density at radius 1 is 1.09 bits per heavy atom. The highest BCUT2D eigenvalue weighted by Crippen LogP contribution is 2.37. The molecule has 1 aromatic carbocycles. The summed E-state index contributed by atoms with van der Waals surface area (Å²) in [5, 5.41) is 3.47. The maximum absolute atomic E-state index is 13.3. The minimum atomic E-state index is -4.97. The fraction of sp³-hybridized carbons (Fsp3) is 0.545. The number of nitrogens with zero attached hydrogens (tertiary/aromatic N) is 2. The molecule has 1 aromatic heterocycles. The van der Waals surface area contributed by atoms with E-state index in [9.17, 15) is 31.1 Å². The van der Waals surface area contributed by atoms with Crippen LogP contribution in [0.2, 0.25) is 0 Å². The number of aromatic amines is 1. The van der Waals surface area contributed by atoms with Crippen LogP contribution in [0.5, 0.6) is 0 Å². The van der Waals surface area contributed by atoms with Gasteiger partial charge < -0.3 is 19.9 Å². The molecule has 1 aliphatic rings. The molecule has 1 fully saturated rings. The van der Waals surface area contributed by atoms with Crippen molar-refractivity contribution in [2.24, 2.45) is 0 Å². The van der Waals surface area contributed by atoms with E-state index in [0.717, 1.165) is 19.4 Å². The molecule has 0 aliphatic carbocycles. The van der Waals surface area contributed by atoms with Gasteiger partial charge in [-0.1, -0.05) is 6.92 Å². The van der Waals surface area contributed by atoms with Gasteiger partial charge in [-0.3, -0.25) is 0 Å². The number of amides is 1. The zero-order valence-electron chi connectivity index (χ0n) is 18.6. The average Bonchev–Trinajstić information content (AvgIpc) is 3.28. The number of methoxy groups -OCH3 is 1. The molecule has 0 saturated carbocycles. The Bertz CT molecular complexity index is 929.